The molecule has 0 saturated heterocycles. The standard InChI is InChI=1S/C20H20N4O2/c1-11-9-18(26-3)12(2)8-13(11)19-21-6-5-16(24-19)17-10-14-15(23-17)4-7-22-20(14)25/h5-6,8-10,23H,4,7H2,1-3H3,(H,22,25). The fraction of sp³-hybridized carbons (Fsp3) is 0.250. The minimum Gasteiger partial charge on any atom is -0.496 e. The molecule has 3 heterocycles. The lowest BCUT2D eigenvalue weighted by atomic mass is 10.0. The van der Waals surface area contributed by atoms with Crippen molar-refractivity contribution in [2.24, 2.45) is 0 Å². The summed E-state index contributed by atoms with van der Waals surface area (Å²) in [6, 6.07) is 7.76. The number of nitrogens with one attached hydrogen (secondary N) is 2. The Hall–Kier alpha value is -3.15. The second-order valence-electron chi connectivity index (χ2n) is 6.48. The molecule has 2 N–H and O–H groups in total. The second kappa shape index (κ2) is 6.29. The Labute approximate surface area is 151 Å². The SMILES string of the molecule is COc1cc(C)c(-c2nccc(-c3cc4c([nH]3)CCNC4=O)n2)cc1C. The number of fused-ring (bicyclic) bond motifs is 1. The minimum atomic E-state index is -0.0374. The summed E-state index contributed by atoms with van der Waals surface area (Å²) in [4.78, 5) is 24.5. The third kappa shape index (κ3) is 2.73. The van der Waals surface area contributed by atoms with Gasteiger partial charge in [0.25, 0.3) is 5.91 Å². The van der Waals surface area contributed by atoms with Crippen molar-refractivity contribution in [3.8, 4) is 28.5 Å². The maximum atomic E-state index is 12.0. The molecule has 3 aromatic rings. The van der Waals surface area contributed by atoms with Gasteiger partial charge in [-0.3, -0.25) is 4.79 Å². The first-order chi connectivity index (χ1) is 12.6. The predicted octanol–water partition coefficient (Wildman–Crippen LogP) is 3.05. The molecule has 26 heavy (non-hydrogen) atoms. The van der Waals surface area contributed by atoms with Gasteiger partial charge in [0.2, 0.25) is 0 Å². The molecule has 0 saturated carbocycles. The number of carbonyl (C=O) groups excluding carboxylic acids is 1. The summed E-state index contributed by atoms with van der Waals surface area (Å²) in [6.45, 7) is 4.68. The largest absolute Gasteiger partial charge is 0.496 e. The van der Waals surface area contributed by atoms with E-state index in [1.165, 1.54) is 0 Å². The van der Waals surface area contributed by atoms with Gasteiger partial charge in [-0.15, -0.1) is 0 Å². The lowest BCUT2D eigenvalue weighted by Gasteiger charge is -2.11. The van der Waals surface area contributed by atoms with Crippen LogP contribution in [-0.4, -0.2) is 34.5 Å². The summed E-state index contributed by atoms with van der Waals surface area (Å²) in [5, 5.41) is 2.86. The molecule has 0 bridgehead atoms. The molecule has 0 unspecified atom stereocenters. The molecule has 6 nitrogen and oxygen atoms in total. The maximum absolute atomic E-state index is 12.0. The Morgan fingerprint density at radius 2 is 1.96 bits per heavy atom. The number of carbonyl (C=O) groups is 1. The van der Waals surface area contributed by atoms with E-state index in [2.05, 4.69) is 15.3 Å². The highest BCUT2D eigenvalue weighted by Crippen LogP contribution is 2.29. The lowest BCUT2D eigenvalue weighted by Crippen LogP contribution is -2.31. The van der Waals surface area contributed by atoms with Crippen LogP contribution in [0.15, 0.2) is 30.5 Å². The highest BCUT2D eigenvalue weighted by atomic mass is 16.5. The molecule has 0 fully saturated rings. The zero-order valence-electron chi connectivity index (χ0n) is 15.0. The molecule has 132 valence electrons. The van der Waals surface area contributed by atoms with Crippen LogP contribution in [0.1, 0.15) is 27.2 Å². The van der Waals surface area contributed by atoms with Crippen LogP contribution >= 0.6 is 0 Å². The van der Waals surface area contributed by atoms with Crippen molar-refractivity contribution in [3.05, 3.63) is 52.8 Å². The van der Waals surface area contributed by atoms with Crippen molar-refractivity contribution in [3.63, 3.8) is 0 Å². The van der Waals surface area contributed by atoms with Crippen LogP contribution < -0.4 is 10.1 Å². The van der Waals surface area contributed by atoms with Crippen molar-refractivity contribution in [2.45, 2.75) is 20.3 Å². The normalized spacial score (nSPS) is 13.3. The Morgan fingerprint density at radius 3 is 2.73 bits per heavy atom. The highest BCUT2D eigenvalue weighted by molar-refractivity contribution is 5.97. The zero-order valence-corrected chi connectivity index (χ0v) is 15.0. The topological polar surface area (TPSA) is 79.9 Å². The van der Waals surface area contributed by atoms with Gasteiger partial charge < -0.3 is 15.0 Å². The van der Waals surface area contributed by atoms with E-state index in [9.17, 15) is 4.79 Å². The Balaban J connectivity index is 1.77. The van der Waals surface area contributed by atoms with E-state index >= 15 is 0 Å². The summed E-state index contributed by atoms with van der Waals surface area (Å²) in [5.74, 6) is 1.47. The van der Waals surface area contributed by atoms with E-state index in [4.69, 9.17) is 9.72 Å². The molecule has 1 amide bonds. The maximum Gasteiger partial charge on any atom is 0.253 e. The molecule has 1 aliphatic rings. The number of H-pyrrole nitrogens is 1. The molecular formula is C20H20N4O2. The fourth-order valence-corrected chi connectivity index (χ4v) is 3.32. The van der Waals surface area contributed by atoms with Crippen molar-refractivity contribution in [2.75, 3.05) is 13.7 Å². The van der Waals surface area contributed by atoms with Crippen molar-refractivity contribution in [1.82, 2.24) is 20.3 Å². The van der Waals surface area contributed by atoms with Gasteiger partial charge in [0.15, 0.2) is 5.82 Å². The average Bonchev–Trinajstić information content (AvgIpc) is 3.09. The zero-order chi connectivity index (χ0) is 18.3. The van der Waals surface area contributed by atoms with E-state index in [0.717, 1.165) is 45.9 Å². The van der Waals surface area contributed by atoms with Gasteiger partial charge >= 0.3 is 0 Å². The first-order valence-electron chi connectivity index (χ1n) is 8.56. The molecular weight excluding hydrogens is 328 g/mol. The van der Waals surface area contributed by atoms with Gasteiger partial charge in [-0.25, -0.2) is 9.97 Å². The van der Waals surface area contributed by atoms with Gasteiger partial charge in [-0.1, -0.05) is 0 Å². The number of benzene rings is 1. The van der Waals surface area contributed by atoms with Crippen molar-refractivity contribution >= 4 is 5.91 Å². The number of hydrogen-bond acceptors (Lipinski definition) is 4. The lowest BCUT2D eigenvalue weighted by molar-refractivity contribution is 0.0946. The monoisotopic (exact) mass is 348 g/mol. The van der Waals surface area contributed by atoms with Crippen molar-refractivity contribution < 1.29 is 9.53 Å². The first kappa shape index (κ1) is 16.3. The van der Waals surface area contributed by atoms with E-state index in [-0.39, 0.29) is 5.91 Å². The van der Waals surface area contributed by atoms with E-state index < -0.39 is 0 Å². The minimum absolute atomic E-state index is 0.0374. The van der Waals surface area contributed by atoms with Crippen LogP contribution in [0.4, 0.5) is 0 Å². The van der Waals surface area contributed by atoms with Crippen LogP contribution in [0, 0.1) is 13.8 Å². The van der Waals surface area contributed by atoms with Crippen LogP contribution in [-0.2, 0) is 6.42 Å². The molecule has 4 rings (SSSR count). The van der Waals surface area contributed by atoms with Gasteiger partial charge in [0.1, 0.15) is 5.75 Å². The number of amides is 1. The quantitative estimate of drug-likeness (QED) is 0.762. The van der Waals surface area contributed by atoms with Crippen LogP contribution in [0.25, 0.3) is 22.8 Å². The van der Waals surface area contributed by atoms with Gasteiger partial charge in [-0.05, 0) is 49.2 Å². The Bertz CT molecular complexity index is 1010. The number of rotatable bonds is 3. The molecule has 2 aromatic heterocycles. The molecule has 6 heteroatoms. The van der Waals surface area contributed by atoms with Crippen LogP contribution in [0.3, 0.4) is 0 Å². The molecule has 0 atom stereocenters. The predicted molar refractivity (Wildman–Crippen MR) is 99.3 cm³/mol. The summed E-state index contributed by atoms with van der Waals surface area (Å²) < 4.78 is 5.38. The summed E-state index contributed by atoms with van der Waals surface area (Å²) >= 11 is 0. The summed E-state index contributed by atoms with van der Waals surface area (Å²) in [5.41, 5.74) is 6.31. The third-order valence-corrected chi connectivity index (χ3v) is 4.72. The van der Waals surface area contributed by atoms with Gasteiger partial charge in [-0.2, -0.15) is 0 Å². The smallest absolute Gasteiger partial charge is 0.253 e. The average molecular weight is 348 g/mol. The number of hydrogen-bond donors (Lipinski definition) is 2. The van der Waals surface area contributed by atoms with E-state index in [0.29, 0.717) is 17.9 Å². The van der Waals surface area contributed by atoms with Gasteiger partial charge in [0, 0.05) is 30.4 Å². The molecule has 0 aliphatic carbocycles. The number of aromatic nitrogens is 3. The van der Waals surface area contributed by atoms with Crippen molar-refractivity contribution in [1.29, 1.82) is 0 Å². The molecule has 1 aliphatic heterocycles. The van der Waals surface area contributed by atoms with Crippen LogP contribution in [0.5, 0.6) is 5.75 Å². The number of nitrogens with zero attached hydrogens (tertiary/aromatic N) is 2. The van der Waals surface area contributed by atoms with E-state index in [1.807, 2.05) is 38.1 Å². The summed E-state index contributed by atoms with van der Waals surface area (Å²) in [7, 11) is 1.67. The number of aryl methyl sites for hydroxylation is 2. The third-order valence-electron chi connectivity index (χ3n) is 4.72. The number of methoxy groups -OCH3 is 1. The Kier molecular flexibility index (Phi) is 3.95. The number of ether oxygens (including phenoxy) is 1. The highest BCUT2D eigenvalue weighted by Gasteiger charge is 2.20. The van der Waals surface area contributed by atoms with E-state index in [1.54, 1.807) is 13.3 Å². The Morgan fingerprint density at radius 1 is 1.12 bits per heavy atom. The fourth-order valence-electron chi connectivity index (χ4n) is 3.32. The first-order valence-corrected chi connectivity index (χ1v) is 8.56. The second-order valence-corrected chi connectivity index (χ2v) is 6.48. The number of aromatic amines is 1. The van der Waals surface area contributed by atoms with Crippen LogP contribution in [0.2, 0.25) is 0 Å². The molecule has 0 radical (unpaired) electrons. The molecule has 1 aromatic carbocycles. The molecule has 0 spiro atoms. The summed E-state index contributed by atoms with van der Waals surface area (Å²) in [6.07, 6.45) is 2.55. The van der Waals surface area contributed by atoms with Gasteiger partial charge in [0.05, 0.1) is 24.1 Å².